The number of nitrogens with zero attached hydrogens (tertiary/aromatic N) is 5. The molecule has 2 aromatic rings. The molecule has 0 saturated carbocycles. The maximum atomic E-state index is 14.9. The number of hydrogen-bond acceptors (Lipinski definition) is 7. The number of benzene rings is 1. The van der Waals surface area contributed by atoms with Crippen molar-refractivity contribution in [2.24, 2.45) is 5.10 Å². The monoisotopic (exact) mass is 496 g/mol. The highest BCUT2D eigenvalue weighted by Crippen LogP contribution is 2.28. The number of halogens is 1. The molecule has 10 nitrogen and oxygen atoms in total. The fraction of sp³-hybridized carbons (Fsp3) is 0.400. The molecule has 11 heteroatoms. The van der Waals surface area contributed by atoms with Gasteiger partial charge in [0.05, 0.1) is 43.8 Å². The van der Waals surface area contributed by atoms with E-state index in [-0.39, 0.29) is 24.9 Å². The number of nitrogens with one attached hydrogen (secondary N) is 1. The minimum absolute atomic E-state index is 0.155. The van der Waals surface area contributed by atoms with Crippen molar-refractivity contribution in [3.8, 4) is 11.1 Å². The van der Waals surface area contributed by atoms with Gasteiger partial charge in [-0.2, -0.15) is 5.10 Å². The summed E-state index contributed by atoms with van der Waals surface area (Å²) in [5, 5.41) is 8.96. The van der Waals surface area contributed by atoms with Crippen LogP contribution in [0.4, 0.5) is 14.9 Å². The van der Waals surface area contributed by atoms with E-state index in [0.717, 1.165) is 0 Å². The quantitative estimate of drug-likeness (QED) is 0.589. The summed E-state index contributed by atoms with van der Waals surface area (Å²) in [6, 6.07) is 8.06. The molecule has 4 rings (SSSR count). The number of piperazine rings is 1. The van der Waals surface area contributed by atoms with Crippen molar-refractivity contribution >= 4 is 29.8 Å². The fourth-order valence-corrected chi connectivity index (χ4v) is 4.07. The molecule has 0 bridgehead atoms. The zero-order chi connectivity index (χ0) is 25.7. The molecule has 0 aliphatic carbocycles. The van der Waals surface area contributed by atoms with Crippen LogP contribution in [0.25, 0.3) is 11.1 Å². The van der Waals surface area contributed by atoms with E-state index in [1.807, 2.05) is 16.8 Å². The average Bonchev–Trinajstić information content (AvgIpc) is 3.27. The highest BCUT2D eigenvalue weighted by atomic mass is 19.1. The second-order valence-corrected chi connectivity index (χ2v) is 8.62. The molecule has 0 unspecified atom stereocenters. The summed E-state index contributed by atoms with van der Waals surface area (Å²) in [4.78, 5) is 42.6. The van der Waals surface area contributed by atoms with E-state index in [1.165, 1.54) is 17.9 Å². The van der Waals surface area contributed by atoms with Crippen LogP contribution in [0.5, 0.6) is 0 Å². The Morgan fingerprint density at radius 3 is 2.64 bits per heavy atom. The van der Waals surface area contributed by atoms with Gasteiger partial charge in [0.25, 0.3) is 0 Å². The molecule has 3 heterocycles. The van der Waals surface area contributed by atoms with E-state index in [1.54, 1.807) is 36.7 Å². The summed E-state index contributed by atoms with van der Waals surface area (Å²) in [6.07, 6.45) is 2.65. The molecule has 1 aromatic heterocycles. The van der Waals surface area contributed by atoms with Crippen LogP contribution < -0.4 is 10.2 Å². The number of ether oxygens (including phenoxy) is 1. The van der Waals surface area contributed by atoms with Crippen LogP contribution >= 0.6 is 0 Å². The summed E-state index contributed by atoms with van der Waals surface area (Å²) in [6.45, 7) is 6.29. The molecule has 2 aliphatic heterocycles. The van der Waals surface area contributed by atoms with Crippen molar-refractivity contribution in [1.82, 2.24) is 20.2 Å². The summed E-state index contributed by atoms with van der Waals surface area (Å²) < 4.78 is 20.2. The van der Waals surface area contributed by atoms with E-state index in [0.29, 0.717) is 55.1 Å². The first kappa shape index (κ1) is 25.1. The number of cyclic esters (lactones) is 1. The zero-order valence-corrected chi connectivity index (χ0v) is 20.3. The van der Waals surface area contributed by atoms with E-state index < -0.39 is 18.0 Å². The Morgan fingerprint density at radius 2 is 2.00 bits per heavy atom. The number of aromatic nitrogens is 1. The van der Waals surface area contributed by atoms with Gasteiger partial charge in [-0.05, 0) is 24.3 Å². The minimum Gasteiger partial charge on any atom is -0.442 e. The largest absolute Gasteiger partial charge is 0.442 e. The number of hydrazone groups is 1. The lowest BCUT2D eigenvalue weighted by Crippen LogP contribution is -2.46. The van der Waals surface area contributed by atoms with Crippen LogP contribution in [0.15, 0.2) is 41.6 Å². The van der Waals surface area contributed by atoms with Gasteiger partial charge < -0.3 is 15.0 Å². The van der Waals surface area contributed by atoms with Crippen molar-refractivity contribution in [3.63, 3.8) is 0 Å². The van der Waals surface area contributed by atoms with Gasteiger partial charge in [-0.25, -0.2) is 9.18 Å². The zero-order valence-electron chi connectivity index (χ0n) is 20.3. The molecule has 1 atom stereocenters. The van der Waals surface area contributed by atoms with Crippen LogP contribution in [0.2, 0.25) is 0 Å². The molecule has 3 amide bonds. The molecule has 2 fully saturated rings. The number of anilines is 1. The SMILES string of the molecule is CCC(=O)N1CCN(/N=C/c2ccc(-c3ccc(N4C[C@H](CNC(C)=O)OC4=O)cc3F)cn2)CC1. The lowest BCUT2D eigenvalue weighted by Gasteiger charge is -2.32. The van der Waals surface area contributed by atoms with Gasteiger partial charge in [0.1, 0.15) is 11.9 Å². The van der Waals surface area contributed by atoms with Gasteiger partial charge in [0, 0.05) is 43.8 Å². The molecule has 36 heavy (non-hydrogen) atoms. The third kappa shape index (κ3) is 5.96. The molecule has 0 radical (unpaired) electrons. The third-order valence-corrected chi connectivity index (χ3v) is 6.08. The Morgan fingerprint density at radius 1 is 1.22 bits per heavy atom. The molecular formula is C25H29FN6O4. The number of carbonyl (C=O) groups excluding carboxylic acids is 3. The Labute approximate surface area is 208 Å². The van der Waals surface area contributed by atoms with Crippen molar-refractivity contribution < 1.29 is 23.5 Å². The molecule has 1 N–H and O–H groups in total. The highest BCUT2D eigenvalue weighted by molar-refractivity contribution is 5.90. The normalized spacial score (nSPS) is 18.0. The first-order valence-corrected chi connectivity index (χ1v) is 11.9. The second kappa shape index (κ2) is 11.1. The van der Waals surface area contributed by atoms with E-state index in [4.69, 9.17) is 4.74 Å². The summed E-state index contributed by atoms with van der Waals surface area (Å²) in [5.74, 6) is -0.551. The van der Waals surface area contributed by atoms with E-state index in [9.17, 15) is 18.8 Å². The van der Waals surface area contributed by atoms with Crippen molar-refractivity contribution in [1.29, 1.82) is 0 Å². The Kier molecular flexibility index (Phi) is 7.77. The summed E-state index contributed by atoms with van der Waals surface area (Å²) in [5.41, 5.74) is 1.96. The highest BCUT2D eigenvalue weighted by Gasteiger charge is 2.32. The number of amides is 3. The lowest BCUT2D eigenvalue weighted by atomic mass is 10.1. The molecular weight excluding hydrogens is 467 g/mol. The lowest BCUT2D eigenvalue weighted by molar-refractivity contribution is -0.132. The molecule has 2 saturated heterocycles. The smallest absolute Gasteiger partial charge is 0.414 e. The van der Waals surface area contributed by atoms with E-state index in [2.05, 4.69) is 15.4 Å². The predicted octanol–water partition coefficient (Wildman–Crippen LogP) is 2.24. The van der Waals surface area contributed by atoms with E-state index >= 15 is 0 Å². The first-order valence-electron chi connectivity index (χ1n) is 11.9. The van der Waals surface area contributed by atoms with Crippen molar-refractivity contribution in [3.05, 3.63) is 48.0 Å². The standard InChI is InChI=1S/C25H29FN6O4/c1-3-24(34)30-8-10-31(11-9-30)29-14-19-5-4-18(13-28-19)22-7-6-20(12-23(22)26)32-16-21(36-25(32)35)15-27-17(2)33/h4-7,12-14,21H,3,8-11,15-16H2,1-2H3,(H,27,33)/b29-14+/t21-/m0/s1. The van der Waals surface area contributed by atoms with Gasteiger partial charge in [0.2, 0.25) is 11.8 Å². The van der Waals surface area contributed by atoms with Crippen LogP contribution in [-0.2, 0) is 14.3 Å². The molecule has 1 aromatic carbocycles. The van der Waals surface area contributed by atoms with Gasteiger partial charge in [-0.1, -0.05) is 13.0 Å². The Balaban J connectivity index is 1.36. The maximum Gasteiger partial charge on any atom is 0.414 e. The topological polar surface area (TPSA) is 107 Å². The van der Waals surface area contributed by atoms with Gasteiger partial charge >= 0.3 is 6.09 Å². The second-order valence-electron chi connectivity index (χ2n) is 8.62. The number of hydrogen-bond donors (Lipinski definition) is 1. The van der Waals surface area contributed by atoms with Crippen LogP contribution in [0, 0.1) is 5.82 Å². The predicted molar refractivity (Wildman–Crippen MR) is 132 cm³/mol. The van der Waals surface area contributed by atoms with Crippen molar-refractivity contribution in [2.45, 2.75) is 26.4 Å². The van der Waals surface area contributed by atoms with Crippen LogP contribution in [-0.4, -0.2) is 84.4 Å². The van der Waals surface area contributed by atoms with Gasteiger partial charge in [-0.3, -0.25) is 24.5 Å². The molecule has 190 valence electrons. The molecule has 0 spiro atoms. The van der Waals surface area contributed by atoms with Crippen molar-refractivity contribution in [2.75, 3.05) is 44.2 Å². The number of rotatable bonds is 7. The Hall–Kier alpha value is -4.02. The summed E-state index contributed by atoms with van der Waals surface area (Å²) >= 11 is 0. The number of pyridine rings is 1. The van der Waals surface area contributed by atoms with Crippen LogP contribution in [0.1, 0.15) is 26.0 Å². The van der Waals surface area contributed by atoms with Gasteiger partial charge in [0.15, 0.2) is 0 Å². The summed E-state index contributed by atoms with van der Waals surface area (Å²) in [7, 11) is 0. The molecule has 2 aliphatic rings. The average molecular weight is 497 g/mol. The van der Waals surface area contributed by atoms with Gasteiger partial charge in [-0.15, -0.1) is 0 Å². The fourth-order valence-electron chi connectivity index (χ4n) is 4.07. The first-order chi connectivity index (χ1) is 17.3. The maximum absolute atomic E-state index is 14.9. The minimum atomic E-state index is -0.582. The number of carbonyl (C=O) groups is 3. The Bertz CT molecular complexity index is 1150. The third-order valence-electron chi connectivity index (χ3n) is 6.08. The van der Waals surface area contributed by atoms with Crippen LogP contribution in [0.3, 0.4) is 0 Å².